The molecule has 14 heavy (non-hydrogen) atoms. The van der Waals surface area contributed by atoms with Crippen molar-refractivity contribution in [3.05, 3.63) is 35.4 Å². The molecule has 74 valence electrons. The van der Waals surface area contributed by atoms with E-state index in [2.05, 4.69) is 12.1 Å². The van der Waals surface area contributed by atoms with Gasteiger partial charge in [0.15, 0.2) is 0 Å². The third-order valence-electron chi connectivity index (χ3n) is 2.90. The number of carboxylic acid groups (broad SMARTS) is 1. The largest absolute Gasteiger partial charge is 0.550 e. The molecule has 2 rings (SSSR count). The van der Waals surface area contributed by atoms with Crippen LogP contribution in [-0.4, -0.2) is 5.97 Å². The lowest BCUT2D eigenvalue weighted by Gasteiger charge is -2.24. The first-order valence-electron chi connectivity index (χ1n) is 5.02. The van der Waals surface area contributed by atoms with Crippen molar-refractivity contribution in [2.45, 2.75) is 25.7 Å². The monoisotopic (exact) mass is 189 g/mol. The highest BCUT2D eigenvalue weighted by atomic mass is 16.4. The predicted molar refractivity (Wildman–Crippen MR) is 51.6 cm³/mol. The highest BCUT2D eigenvalue weighted by molar-refractivity contribution is 5.64. The zero-order valence-corrected chi connectivity index (χ0v) is 8.03. The minimum Gasteiger partial charge on any atom is -0.550 e. The third-order valence-corrected chi connectivity index (χ3v) is 2.90. The van der Waals surface area contributed by atoms with E-state index in [1.165, 1.54) is 11.1 Å². The van der Waals surface area contributed by atoms with Gasteiger partial charge >= 0.3 is 0 Å². The first-order chi connectivity index (χ1) is 6.75. The maximum Gasteiger partial charge on any atom is 0.0417 e. The summed E-state index contributed by atoms with van der Waals surface area (Å²) in [6.07, 6.45) is 3.08. The van der Waals surface area contributed by atoms with Gasteiger partial charge in [-0.2, -0.15) is 0 Å². The van der Waals surface area contributed by atoms with Crippen LogP contribution in [0.1, 0.15) is 24.0 Å². The maximum absolute atomic E-state index is 10.5. The summed E-state index contributed by atoms with van der Waals surface area (Å²) in [4.78, 5) is 10.5. The molecule has 0 radical (unpaired) electrons. The van der Waals surface area contributed by atoms with E-state index in [-0.39, 0.29) is 12.3 Å². The van der Waals surface area contributed by atoms with Gasteiger partial charge in [0, 0.05) is 5.97 Å². The molecule has 0 spiro atoms. The number of aliphatic carboxylic acids is 1. The van der Waals surface area contributed by atoms with Crippen LogP contribution in [0.5, 0.6) is 0 Å². The number of hydrogen-bond donors (Lipinski definition) is 0. The second-order valence-electron chi connectivity index (χ2n) is 3.95. The Bertz CT molecular complexity index is 344. The van der Waals surface area contributed by atoms with Gasteiger partial charge in [-0.25, -0.2) is 0 Å². The summed E-state index contributed by atoms with van der Waals surface area (Å²) >= 11 is 0. The van der Waals surface area contributed by atoms with Crippen LogP contribution in [0.25, 0.3) is 0 Å². The number of carboxylic acids is 1. The van der Waals surface area contributed by atoms with E-state index >= 15 is 0 Å². The SMILES string of the molecule is O=C([O-])CC1CCc2ccccc2C1. The van der Waals surface area contributed by atoms with Gasteiger partial charge in [-0.3, -0.25) is 0 Å². The second kappa shape index (κ2) is 3.82. The number of fused-ring (bicyclic) bond motifs is 1. The molecule has 0 saturated carbocycles. The molecular formula is C12H13O2-. The van der Waals surface area contributed by atoms with Gasteiger partial charge in [0.05, 0.1) is 0 Å². The van der Waals surface area contributed by atoms with Crippen molar-refractivity contribution >= 4 is 5.97 Å². The molecule has 0 fully saturated rings. The Morgan fingerprint density at radius 1 is 1.36 bits per heavy atom. The smallest absolute Gasteiger partial charge is 0.0417 e. The Kier molecular flexibility index (Phi) is 2.53. The summed E-state index contributed by atoms with van der Waals surface area (Å²) < 4.78 is 0. The highest BCUT2D eigenvalue weighted by Crippen LogP contribution is 2.26. The third kappa shape index (κ3) is 1.95. The van der Waals surface area contributed by atoms with Crippen molar-refractivity contribution in [3.8, 4) is 0 Å². The molecule has 0 bridgehead atoms. The quantitative estimate of drug-likeness (QED) is 0.694. The first-order valence-corrected chi connectivity index (χ1v) is 5.02. The normalized spacial score (nSPS) is 20.1. The number of carbonyl (C=O) groups is 1. The summed E-state index contributed by atoms with van der Waals surface area (Å²) in [5, 5.41) is 10.5. The second-order valence-corrected chi connectivity index (χ2v) is 3.95. The van der Waals surface area contributed by atoms with E-state index in [0.717, 1.165) is 19.3 Å². The van der Waals surface area contributed by atoms with Gasteiger partial charge in [-0.15, -0.1) is 0 Å². The topological polar surface area (TPSA) is 40.1 Å². The van der Waals surface area contributed by atoms with Crippen molar-refractivity contribution in [3.63, 3.8) is 0 Å². The lowest BCUT2D eigenvalue weighted by atomic mass is 9.82. The van der Waals surface area contributed by atoms with Crippen molar-refractivity contribution in [1.29, 1.82) is 0 Å². The van der Waals surface area contributed by atoms with Crippen molar-refractivity contribution in [1.82, 2.24) is 0 Å². The van der Waals surface area contributed by atoms with E-state index < -0.39 is 5.97 Å². The fourth-order valence-corrected chi connectivity index (χ4v) is 2.18. The molecular weight excluding hydrogens is 176 g/mol. The minimum atomic E-state index is -0.922. The Morgan fingerprint density at radius 2 is 2.07 bits per heavy atom. The van der Waals surface area contributed by atoms with Crippen LogP contribution in [-0.2, 0) is 17.6 Å². The van der Waals surface area contributed by atoms with E-state index in [9.17, 15) is 9.90 Å². The molecule has 1 aromatic rings. The van der Waals surface area contributed by atoms with E-state index in [1.54, 1.807) is 0 Å². The lowest BCUT2D eigenvalue weighted by Crippen LogP contribution is -2.27. The molecule has 0 aliphatic heterocycles. The van der Waals surface area contributed by atoms with Gasteiger partial charge < -0.3 is 9.90 Å². The van der Waals surface area contributed by atoms with Crippen LogP contribution >= 0.6 is 0 Å². The van der Waals surface area contributed by atoms with Gasteiger partial charge in [-0.05, 0) is 42.7 Å². The molecule has 0 aromatic heterocycles. The zero-order valence-electron chi connectivity index (χ0n) is 8.03. The Morgan fingerprint density at radius 3 is 2.79 bits per heavy atom. The Labute approximate surface area is 83.6 Å². The van der Waals surface area contributed by atoms with Gasteiger partial charge in [0.1, 0.15) is 0 Å². The average molecular weight is 189 g/mol. The van der Waals surface area contributed by atoms with Crippen molar-refractivity contribution < 1.29 is 9.90 Å². The number of carbonyl (C=O) groups excluding carboxylic acids is 1. The van der Waals surface area contributed by atoms with Crippen molar-refractivity contribution in [2.75, 3.05) is 0 Å². The number of benzene rings is 1. The molecule has 0 saturated heterocycles. The number of aryl methyl sites for hydroxylation is 1. The standard InChI is InChI=1S/C12H14O2/c13-12(14)8-9-5-6-10-3-1-2-4-11(10)7-9/h1-4,9H,5-8H2,(H,13,14)/p-1. The number of rotatable bonds is 2. The molecule has 1 aliphatic rings. The van der Waals surface area contributed by atoms with Crippen LogP contribution in [0.2, 0.25) is 0 Å². The molecule has 1 aliphatic carbocycles. The van der Waals surface area contributed by atoms with Gasteiger partial charge in [0.25, 0.3) is 0 Å². The minimum absolute atomic E-state index is 0.203. The Balaban J connectivity index is 2.09. The van der Waals surface area contributed by atoms with Crippen LogP contribution in [0.15, 0.2) is 24.3 Å². The van der Waals surface area contributed by atoms with Gasteiger partial charge in [0.2, 0.25) is 0 Å². The van der Waals surface area contributed by atoms with E-state index in [1.807, 2.05) is 12.1 Å². The molecule has 0 amide bonds. The summed E-state index contributed by atoms with van der Waals surface area (Å²) in [5.41, 5.74) is 2.69. The fourth-order valence-electron chi connectivity index (χ4n) is 2.18. The average Bonchev–Trinajstić information content (AvgIpc) is 2.17. The molecule has 0 N–H and O–H groups in total. The molecule has 1 atom stereocenters. The summed E-state index contributed by atoms with van der Waals surface area (Å²) in [5.74, 6) is -0.649. The summed E-state index contributed by atoms with van der Waals surface area (Å²) in [6.45, 7) is 0. The molecule has 0 heterocycles. The van der Waals surface area contributed by atoms with E-state index in [0.29, 0.717) is 0 Å². The zero-order chi connectivity index (χ0) is 9.97. The summed E-state index contributed by atoms with van der Waals surface area (Å²) in [7, 11) is 0. The molecule has 1 aromatic carbocycles. The Hall–Kier alpha value is -1.31. The van der Waals surface area contributed by atoms with Crippen LogP contribution in [0.3, 0.4) is 0 Å². The lowest BCUT2D eigenvalue weighted by molar-refractivity contribution is -0.306. The summed E-state index contributed by atoms with van der Waals surface area (Å²) in [6, 6.07) is 8.28. The maximum atomic E-state index is 10.5. The predicted octanol–water partition coefficient (Wildman–Crippen LogP) is 0.931. The van der Waals surface area contributed by atoms with Crippen LogP contribution in [0.4, 0.5) is 0 Å². The van der Waals surface area contributed by atoms with Crippen molar-refractivity contribution in [2.24, 2.45) is 5.92 Å². The molecule has 1 unspecified atom stereocenters. The van der Waals surface area contributed by atoms with E-state index in [4.69, 9.17) is 0 Å². The van der Waals surface area contributed by atoms with Crippen LogP contribution < -0.4 is 5.11 Å². The number of hydrogen-bond acceptors (Lipinski definition) is 2. The van der Waals surface area contributed by atoms with Crippen LogP contribution in [0, 0.1) is 5.92 Å². The molecule has 2 heteroatoms. The fraction of sp³-hybridized carbons (Fsp3) is 0.417. The molecule has 2 nitrogen and oxygen atoms in total. The first kappa shape index (κ1) is 9.25. The van der Waals surface area contributed by atoms with Gasteiger partial charge in [-0.1, -0.05) is 24.3 Å². The highest BCUT2D eigenvalue weighted by Gasteiger charge is 2.17.